The summed E-state index contributed by atoms with van der Waals surface area (Å²) in [7, 11) is 1.52. The monoisotopic (exact) mass is 522 g/mol. The van der Waals surface area contributed by atoms with E-state index in [0.29, 0.717) is 48.6 Å². The van der Waals surface area contributed by atoms with Gasteiger partial charge in [-0.1, -0.05) is 49.4 Å². The normalized spacial score (nSPS) is 11.2. The first-order valence-electron chi connectivity index (χ1n) is 11.7. The highest BCUT2D eigenvalue weighted by Gasteiger charge is 2.15. The Morgan fingerprint density at radius 2 is 1.78 bits per heavy atom. The Hall–Kier alpha value is -3.94. The average molecular weight is 523 g/mol. The molecule has 1 amide bonds. The summed E-state index contributed by atoms with van der Waals surface area (Å²) in [4.78, 5) is 12.6. The van der Waals surface area contributed by atoms with Crippen molar-refractivity contribution in [1.29, 1.82) is 5.26 Å². The van der Waals surface area contributed by atoms with Crippen LogP contribution in [0.25, 0.3) is 6.08 Å². The number of carbonyl (C=O) groups is 1. The zero-order valence-corrected chi connectivity index (χ0v) is 22.1. The van der Waals surface area contributed by atoms with Crippen LogP contribution in [0.15, 0.2) is 48.0 Å². The van der Waals surface area contributed by atoms with Crippen LogP contribution in [0.4, 0.5) is 5.13 Å². The number of amides is 1. The van der Waals surface area contributed by atoms with Gasteiger partial charge in [0, 0.05) is 5.92 Å². The van der Waals surface area contributed by atoms with Crippen molar-refractivity contribution >= 4 is 28.5 Å². The van der Waals surface area contributed by atoms with Crippen LogP contribution in [0.5, 0.6) is 17.2 Å². The summed E-state index contributed by atoms with van der Waals surface area (Å²) in [6, 6.07) is 14.9. The summed E-state index contributed by atoms with van der Waals surface area (Å²) in [5, 5.41) is 21.3. The molecule has 0 spiro atoms. The highest BCUT2D eigenvalue weighted by Crippen LogP contribution is 2.29. The molecule has 1 heterocycles. The van der Waals surface area contributed by atoms with E-state index < -0.39 is 5.91 Å². The summed E-state index contributed by atoms with van der Waals surface area (Å²) in [6.45, 7) is 7.56. The molecule has 3 rings (SSSR count). The third-order valence-corrected chi connectivity index (χ3v) is 6.22. The highest BCUT2D eigenvalue weighted by molar-refractivity contribution is 7.15. The molecule has 0 unspecified atom stereocenters. The molecule has 2 aromatic carbocycles. The van der Waals surface area contributed by atoms with Gasteiger partial charge in [0.2, 0.25) is 5.13 Å². The summed E-state index contributed by atoms with van der Waals surface area (Å²) < 4.78 is 22.5. The van der Waals surface area contributed by atoms with Gasteiger partial charge in [0.15, 0.2) is 11.5 Å². The third-order valence-electron chi connectivity index (χ3n) is 5.08. The Bertz CT molecular complexity index is 1270. The van der Waals surface area contributed by atoms with Gasteiger partial charge in [-0.25, -0.2) is 0 Å². The Kier molecular flexibility index (Phi) is 10.4. The van der Waals surface area contributed by atoms with Gasteiger partial charge < -0.3 is 18.9 Å². The van der Waals surface area contributed by atoms with Gasteiger partial charge in [-0.3, -0.25) is 10.1 Å². The lowest BCUT2D eigenvalue weighted by Gasteiger charge is -2.12. The third kappa shape index (κ3) is 8.31. The average Bonchev–Trinajstić information content (AvgIpc) is 3.37. The number of aryl methyl sites for hydroxylation is 1. The summed E-state index contributed by atoms with van der Waals surface area (Å²) >= 11 is 1.28. The number of carbonyl (C=O) groups excluding carboxylic acids is 1. The molecule has 0 radical (unpaired) electrons. The minimum atomic E-state index is -0.559. The van der Waals surface area contributed by atoms with E-state index in [0.717, 1.165) is 16.3 Å². The molecule has 0 aliphatic heterocycles. The van der Waals surface area contributed by atoms with Crippen molar-refractivity contribution in [3.8, 4) is 23.3 Å². The Labute approximate surface area is 220 Å². The number of hydrogen-bond donors (Lipinski definition) is 1. The smallest absolute Gasteiger partial charge is 0.268 e. The van der Waals surface area contributed by atoms with Gasteiger partial charge in [0.25, 0.3) is 5.91 Å². The molecule has 3 aromatic rings. The van der Waals surface area contributed by atoms with Gasteiger partial charge in [0.1, 0.15) is 35.6 Å². The largest absolute Gasteiger partial charge is 0.493 e. The van der Waals surface area contributed by atoms with E-state index in [-0.39, 0.29) is 11.5 Å². The molecule has 1 N–H and O–H groups in total. The zero-order chi connectivity index (χ0) is 26.6. The molecule has 0 saturated heterocycles. The van der Waals surface area contributed by atoms with Crippen LogP contribution < -0.4 is 19.5 Å². The molecule has 194 valence electrons. The molecule has 9 nitrogen and oxygen atoms in total. The number of para-hydroxylation sites is 1. The number of aromatic nitrogens is 2. The van der Waals surface area contributed by atoms with Crippen molar-refractivity contribution in [3.05, 3.63) is 64.2 Å². The van der Waals surface area contributed by atoms with Gasteiger partial charge >= 0.3 is 0 Å². The van der Waals surface area contributed by atoms with Crippen LogP contribution >= 0.6 is 11.3 Å². The summed E-state index contributed by atoms with van der Waals surface area (Å²) in [5.41, 5.74) is 1.62. The number of nitrogens with zero attached hydrogens (tertiary/aromatic N) is 3. The molecule has 0 aliphatic rings. The molecule has 1 aromatic heterocycles. The molecule has 0 fully saturated rings. The SMILES string of the molecule is COc1cc(C=C(C#N)C(=O)Nc2nnc(C(C)C)s2)ccc1OCCOCCOc1ccccc1C. The second-order valence-electron chi connectivity index (χ2n) is 8.21. The number of benzene rings is 2. The lowest BCUT2D eigenvalue weighted by Crippen LogP contribution is -2.13. The van der Waals surface area contributed by atoms with Crippen LogP contribution in [0.2, 0.25) is 0 Å². The Morgan fingerprint density at radius 3 is 2.43 bits per heavy atom. The minimum Gasteiger partial charge on any atom is -0.493 e. The van der Waals surface area contributed by atoms with Crippen LogP contribution in [-0.2, 0) is 9.53 Å². The van der Waals surface area contributed by atoms with E-state index in [1.807, 2.05) is 51.1 Å². The van der Waals surface area contributed by atoms with Gasteiger partial charge in [-0.15, -0.1) is 10.2 Å². The number of rotatable bonds is 13. The van der Waals surface area contributed by atoms with Gasteiger partial charge in [-0.2, -0.15) is 5.26 Å². The molecule has 0 bridgehead atoms. The van der Waals surface area contributed by atoms with Crippen LogP contribution in [0, 0.1) is 18.3 Å². The van der Waals surface area contributed by atoms with Crippen molar-refractivity contribution in [2.75, 3.05) is 38.9 Å². The van der Waals surface area contributed by atoms with Gasteiger partial charge in [0.05, 0.1) is 20.3 Å². The first-order valence-corrected chi connectivity index (χ1v) is 12.6. The molecule has 0 aliphatic carbocycles. The maximum atomic E-state index is 12.6. The summed E-state index contributed by atoms with van der Waals surface area (Å²) in [6.07, 6.45) is 1.48. The minimum absolute atomic E-state index is 0.0710. The number of nitrogens with one attached hydrogen (secondary N) is 1. The molecule has 0 atom stereocenters. The quantitative estimate of drug-likeness (QED) is 0.189. The second-order valence-corrected chi connectivity index (χ2v) is 9.22. The zero-order valence-electron chi connectivity index (χ0n) is 21.3. The highest BCUT2D eigenvalue weighted by atomic mass is 32.1. The van der Waals surface area contributed by atoms with E-state index in [1.54, 1.807) is 18.2 Å². The van der Waals surface area contributed by atoms with Crippen molar-refractivity contribution in [2.45, 2.75) is 26.7 Å². The van der Waals surface area contributed by atoms with Gasteiger partial charge in [-0.05, 0) is 42.3 Å². The van der Waals surface area contributed by atoms with E-state index in [4.69, 9.17) is 18.9 Å². The molecular weight excluding hydrogens is 492 g/mol. The molecule has 10 heteroatoms. The number of hydrogen-bond acceptors (Lipinski definition) is 9. The van der Waals surface area contributed by atoms with Crippen LogP contribution in [0.1, 0.15) is 35.9 Å². The number of methoxy groups -OCH3 is 1. The molecular formula is C27H30N4O5S. The number of ether oxygens (including phenoxy) is 4. The fraction of sp³-hybridized carbons (Fsp3) is 0.333. The lowest BCUT2D eigenvalue weighted by atomic mass is 10.1. The topological polar surface area (TPSA) is 116 Å². The second kappa shape index (κ2) is 14.0. The molecule has 0 saturated carbocycles. The Balaban J connectivity index is 1.50. The maximum absolute atomic E-state index is 12.6. The predicted octanol–water partition coefficient (Wildman–Crippen LogP) is 5.00. The van der Waals surface area contributed by atoms with Crippen LogP contribution in [-0.4, -0.2) is 49.6 Å². The lowest BCUT2D eigenvalue weighted by molar-refractivity contribution is -0.112. The summed E-state index contributed by atoms with van der Waals surface area (Å²) in [5.74, 6) is 1.49. The van der Waals surface area contributed by atoms with E-state index >= 15 is 0 Å². The van der Waals surface area contributed by atoms with Crippen molar-refractivity contribution in [2.24, 2.45) is 0 Å². The van der Waals surface area contributed by atoms with E-state index in [2.05, 4.69) is 15.5 Å². The first kappa shape index (κ1) is 27.6. The number of anilines is 1. The standard InChI is InChI=1S/C27H30N4O5S/c1-18(2)26-30-31-27(37-26)29-25(32)21(17-28)15-20-9-10-23(24(16-20)33-4)36-14-12-34-11-13-35-22-8-6-5-7-19(22)3/h5-10,15-16,18H,11-14H2,1-4H3,(H,29,31,32). The van der Waals surface area contributed by atoms with Crippen LogP contribution in [0.3, 0.4) is 0 Å². The fourth-order valence-electron chi connectivity index (χ4n) is 3.13. The molecule has 37 heavy (non-hydrogen) atoms. The Morgan fingerprint density at radius 1 is 1.05 bits per heavy atom. The van der Waals surface area contributed by atoms with Crippen molar-refractivity contribution in [1.82, 2.24) is 10.2 Å². The first-order chi connectivity index (χ1) is 17.9. The fourth-order valence-corrected chi connectivity index (χ4v) is 3.87. The number of nitriles is 1. The van der Waals surface area contributed by atoms with E-state index in [9.17, 15) is 10.1 Å². The van der Waals surface area contributed by atoms with Crippen molar-refractivity contribution < 1.29 is 23.7 Å². The van der Waals surface area contributed by atoms with E-state index in [1.165, 1.54) is 24.5 Å². The predicted molar refractivity (Wildman–Crippen MR) is 142 cm³/mol. The maximum Gasteiger partial charge on any atom is 0.268 e. The van der Waals surface area contributed by atoms with Crippen molar-refractivity contribution in [3.63, 3.8) is 0 Å².